The van der Waals surface area contributed by atoms with Gasteiger partial charge in [-0.15, -0.1) is 0 Å². The zero-order chi connectivity index (χ0) is 21.4. The maximum absolute atomic E-state index is 12.7. The first kappa shape index (κ1) is 20.5. The summed E-state index contributed by atoms with van der Waals surface area (Å²) in [6.45, 7) is 5.20. The molecule has 1 heterocycles. The Kier molecular flexibility index (Phi) is 5.17. The smallest absolute Gasteiger partial charge is 0.315 e. The summed E-state index contributed by atoms with van der Waals surface area (Å²) < 4.78 is 0. The van der Waals surface area contributed by atoms with Crippen molar-refractivity contribution in [2.45, 2.75) is 39.0 Å². The zero-order valence-electron chi connectivity index (χ0n) is 16.7. The molecule has 1 aliphatic carbocycles. The number of nitrogens with one attached hydrogen (secondary N) is 2. The summed E-state index contributed by atoms with van der Waals surface area (Å²) in [7, 11) is 0. The van der Waals surface area contributed by atoms with Crippen LogP contribution < -0.4 is 10.9 Å². The van der Waals surface area contributed by atoms with Crippen LogP contribution in [0.4, 0.5) is 0 Å². The molecule has 1 aromatic carbocycles. The van der Waals surface area contributed by atoms with Gasteiger partial charge in [-0.3, -0.25) is 19.2 Å². The molecule has 1 amide bonds. The molecule has 0 fully saturated rings. The van der Waals surface area contributed by atoms with Crippen LogP contribution in [0.3, 0.4) is 0 Å². The monoisotopic (exact) mass is 396 g/mol. The van der Waals surface area contributed by atoms with Gasteiger partial charge < -0.3 is 15.4 Å². The lowest BCUT2D eigenvalue weighted by atomic mass is 9.75. The number of aromatic amines is 1. The summed E-state index contributed by atoms with van der Waals surface area (Å²) in [5.41, 5.74) is -0.996. The minimum Gasteiger partial charge on any atom is -0.481 e. The summed E-state index contributed by atoms with van der Waals surface area (Å²) in [6.07, 6.45) is 0.870. The number of H-pyrrole nitrogens is 1. The Balaban J connectivity index is 1.86. The van der Waals surface area contributed by atoms with Gasteiger partial charge in [-0.1, -0.05) is 44.2 Å². The predicted octanol–water partition coefficient (Wildman–Crippen LogP) is 2.30. The van der Waals surface area contributed by atoms with E-state index in [4.69, 9.17) is 0 Å². The molecule has 0 saturated carbocycles. The van der Waals surface area contributed by atoms with E-state index in [0.717, 1.165) is 0 Å². The van der Waals surface area contributed by atoms with E-state index < -0.39 is 22.9 Å². The summed E-state index contributed by atoms with van der Waals surface area (Å²) in [5.74, 6) is -1.93. The van der Waals surface area contributed by atoms with Gasteiger partial charge in [0.15, 0.2) is 5.78 Å². The molecule has 0 aliphatic heterocycles. The Bertz CT molecular complexity index is 1040. The molecule has 1 unspecified atom stereocenters. The van der Waals surface area contributed by atoms with Gasteiger partial charge in [-0.2, -0.15) is 0 Å². The number of pyridine rings is 1. The van der Waals surface area contributed by atoms with Gasteiger partial charge in [0.1, 0.15) is 11.0 Å². The van der Waals surface area contributed by atoms with Crippen LogP contribution in [-0.4, -0.2) is 34.3 Å². The van der Waals surface area contributed by atoms with Crippen LogP contribution in [-0.2, 0) is 16.6 Å². The molecular formula is C22H24N2O5. The second-order valence-corrected chi connectivity index (χ2v) is 8.53. The first-order valence-electron chi connectivity index (χ1n) is 9.40. The number of ketones is 1. The molecule has 0 spiro atoms. The highest BCUT2D eigenvalue weighted by molar-refractivity contribution is 6.02. The quantitative estimate of drug-likeness (QED) is 0.717. The van der Waals surface area contributed by atoms with Crippen molar-refractivity contribution >= 4 is 17.7 Å². The normalized spacial score (nSPS) is 17.1. The van der Waals surface area contributed by atoms with E-state index >= 15 is 0 Å². The maximum Gasteiger partial charge on any atom is 0.315 e. The Morgan fingerprint density at radius 1 is 1.17 bits per heavy atom. The van der Waals surface area contributed by atoms with Gasteiger partial charge in [0.2, 0.25) is 0 Å². The highest BCUT2D eigenvalue weighted by Crippen LogP contribution is 2.33. The Morgan fingerprint density at radius 2 is 1.83 bits per heavy atom. The average Bonchev–Trinajstić information content (AvgIpc) is 2.65. The molecule has 2 aromatic rings. The van der Waals surface area contributed by atoms with Crippen LogP contribution in [0.2, 0.25) is 0 Å². The van der Waals surface area contributed by atoms with Crippen molar-refractivity contribution in [3.05, 3.63) is 69.1 Å². The van der Waals surface area contributed by atoms with Crippen molar-refractivity contribution in [1.82, 2.24) is 10.3 Å². The van der Waals surface area contributed by atoms with Gasteiger partial charge in [0.05, 0.1) is 0 Å². The summed E-state index contributed by atoms with van der Waals surface area (Å²) in [6, 6.07) is 9.88. The fourth-order valence-electron chi connectivity index (χ4n) is 3.66. The van der Waals surface area contributed by atoms with Crippen molar-refractivity contribution in [1.29, 1.82) is 0 Å². The van der Waals surface area contributed by atoms with Crippen molar-refractivity contribution < 1.29 is 19.5 Å². The molecule has 3 rings (SSSR count). The number of hydrogen-bond acceptors (Lipinski definition) is 4. The van der Waals surface area contributed by atoms with Crippen molar-refractivity contribution in [2.24, 2.45) is 5.41 Å². The van der Waals surface area contributed by atoms with E-state index in [-0.39, 0.29) is 23.3 Å². The Morgan fingerprint density at radius 3 is 2.45 bits per heavy atom. The van der Waals surface area contributed by atoms with Crippen LogP contribution in [0, 0.1) is 5.41 Å². The standard InChI is InChI=1S/C22H24N2O5/c1-21(2)10-16-14(17(25)11-21)9-15(19(27)24-16)18(26)23-12-22(3,20(28)29)13-7-5-4-6-8-13/h4-9H,10-12H2,1-3H3,(H,23,26)(H,24,27)(H,28,29). The van der Waals surface area contributed by atoms with Crippen molar-refractivity contribution in [3.63, 3.8) is 0 Å². The number of benzene rings is 1. The summed E-state index contributed by atoms with van der Waals surface area (Å²) in [5, 5.41) is 12.2. The molecule has 29 heavy (non-hydrogen) atoms. The van der Waals surface area contributed by atoms with Gasteiger partial charge in [0.25, 0.3) is 11.5 Å². The molecule has 7 nitrogen and oxygen atoms in total. The van der Waals surface area contributed by atoms with Crippen LogP contribution in [0.25, 0.3) is 0 Å². The van der Waals surface area contributed by atoms with Crippen molar-refractivity contribution in [2.75, 3.05) is 6.54 Å². The highest BCUT2D eigenvalue weighted by atomic mass is 16.4. The number of carbonyl (C=O) groups is 3. The van der Waals surface area contributed by atoms with E-state index in [1.165, 1.54) is 13.0 Å². The molecule has 152 valence electrons. The molecule has 0 saturated heterocycles. The van der Waals surface area contributed by atoms with E-state index in [1.54, 1.807) is 30.3 Å². The van der Waals surface area contributed by atoms with Gasteiger partial charge in [-0.05, 0) is 30.4 Å². The molecule has 3 N–H and O–H groups in total. The topological polar surface area (TPSA) is 116 Å². The van der Waals surface area contributed by atoms with Crippen LogP contribution in [0.15, 0.2) is 41.2 Å². The summed E-state index contributed by atoms with van der Waals surface area (Å²) >= 11 is 0. The number of carbonyl (C=O) groups excluding carboxylic acids is 2. The number of hydrogen-bond donors (Lipinski definition) is 3. The maximum atomic E-state index is 12.7. The van der Waals surface area contributed by atoms with Crippen molar-refractivity contribution in [3.8, 4) is 0 Å². The first-order chi connectivity index (χ1) is 13.5. The largest absolute Gasteiger partial charge is 0.481 e. The highest BCUT2D eigenvalue weighted by Gasteiger charge is 2.36. The fourth-order valence-corrected chi connectivity index (χ4v) is 3.66. The number of aliphatic carboxylic acids is 1. The first-order valence-corrected chi connectivity index (χ1v) is 9.40. The minimum atomic E-state index is -1.36. The molecule has 0 radical (unpaired) electrons. The van der Waals surface area contributed by atoms with Crippen LogP contribution in [0.5, 0.6) is 0 Å². The lowest BCUT2D eigenvalue weighted by molar-refractivity contribution is -0.142. The lowest BCUT2D eigenvalue weighted by Gasteiger charge is -2.30. The third-order valence-electron chi connectivity index (χ3n) is 5.45. The Hall–Kier alpha value is -3.22. The van der Waals surface area contributed by atoms with Gasteiger partial charge >= 0.3 is 5.97 Å². The molecular weight excluding hydrogens is 372 g/mol. The third kappa shape index (κ3) is 3.99. The average molecular weight is 396 g/mol. The molecule has 1 atom stereocenters. The number of fused-ring (bicyclic) bond motifs is 1. The van der Waals surface area contributed by atoms with Gasteiger partial charge in [0, 0.05) is 24.2 Å². The van der Waals surface area contributed by atoms with E-state index in [0.29, 0.717) is 29.7 Å². The predicted molar refractivity (Wildman–Crippen MR) is 107 cm³/mol. The zero-order valence-corrected chi connectivity index (χ0v) is 16.7. The second-order valence-electron chi connectivity index (χ2n) is 8.53. The van der Waals surface area contributed by atoms with Crippen LogP contribution in [0.1, 0.15) is 59.2 Å². The number of amides is 1. The van der Waals surface area contributed by atoms with Gasteiger partial charge in [-0.25, -0.2) is 0 Å². The molecule has 1 aliphatic rings. The number of rotatable bonds is 5. The van der Waals surface area contributed by atoms with E-state index in [1.807, 2.05) is 13.8 Å². The summed E-state index contributed by atoms with van der Waals surface area (Å²) in [4.78, 5) is 52.1. The number of carboxylic acid groups (broad SMARTS) is 1. The fraction of sp³-hybridized carbons (Fsp3) is 0.364. The number of Topliss-reactive ketones (excluding diaryl/α,β-unsaturated/α-hetero) is 1. The molecule has 1 aromatic heterocycles. The van der Waals surface area contributed by atoms with E-state index in [9.17, 15) is 24.3 Å². The number of carboxylic acids is 1. The minimum absolute atomic E-state index is 0.124. The third-order valence-corrected chi connectivity index (χ3v) is 5.45. The SMILES string of the molecule is CC1(C)CC(=O)c2cc(C(=O)NCC(C)(C(=O)O)c3ccccc3)c(=O)[nH]c2C1. The molecule has 0 bridgehead atoms. The number of aromatic nitrogens is 1. The Labute approximate surface area is 168 Å². The molecule has 7 heteroatoms. The van der Waals surface area contributed by atoms with E-state index in [2.05, 4.69) is 10.3 Å². The van der Waals surface area contributed by atoms with Crippen LogP contribution >= 0.6 is 0 Å². The second kappa shape index (κ2) is 7.31. The lowest BCUT2D eigenvalue weighted by Crippen LogP contribution is -2.45.